The zero-order chi connectivity index (χ0) is 14.6. The van der Waals surface area contributed by atoms with Gasteiger partial charge in [-0.3, -0.25) is 24.1 Å². The molecule has 0 aromatic rings. The molecule has 0 N–H and O–H groups in total. The average Bonchev–Trinajstić information content (AvgIpc) is 2.58. The second kappa shape index (κ2) is 6.26. The topological polar surface area (TPSA) is 74.8 Å². The molecule has 2 unspecified atom stereocenters. The van der Waals surface area contributed by atoms with Crippen LogP contribution in [0.2, 0.25) is 0 Å². The third kappa shape index (κ3) is 3.27. The molecule has 3 amide bonds. The highest BCUT2D eigenvalue weighted by atomic mass is 16.2. The van der Waals surface area contributed by atoms with Crippen molar-refractivity contribution >= 4 is 24.0 Å². The Morgan fingerprint density at radius 3 is 2.58 bits per heavy atom. The molecule has 1 heterocycles. The van der Waals surface area contributed by atoms with Gasteiger partial charge < -0.3 is 4.90 Å². The van der Waals surface area contributed by atoms with Crippen molar-refractivity contribution in [3.05, 3.63) is 12.2 Å². The van der Waals surface area contributed by atoms with Gasteiger partial charge in [0.1, 0.15) is 11.8 Å². The standard InChI is InChI=1S/C13H18N2O4/c1-4-5-12(18)15(8-16)11-6-9(2)14(13(11)19)7-10(3)17/h4-5,8-9,11H,6-7H2,1-3H3/b5-4-. The minimum absolute atomic E-state index is 0.0149. The van der Waals surface area contributed by atoms with E-state index in [2.05, 4.69) is 0 Å². The first-order chi connectivity index (χ1) is 8.92. The number of rotatable bonds is 5. The van der Waals surface area contributed by atoms with Crippen LogP contribution in [-0.4, -0.2) is 52.4 Å². The van der Waals surface area contributed by atoms with Crippen molar-refractivity contribution in [2.45, 2.75) is 39.3 Å². The van der Waals surface area contributed by atoms with E-state index in [0.717, 1.165) is 4.90 Å². The van der Waals surface area contributed by atoms with Crippen LogP contribution in [0.1, 0.15) is 27.2 Å². The predicted molar refractivity (Wildman–Crippen MR) is 68.0 cm³/mol. The summed E-state index contributed by atoms with van der Waals surface area (Å²) < 4.78 is 0. The molecule has 6 heteroatoms. The Bertz CT molecular complexity index is 430. The van der Waals surface area contributed by atoms with Gasteiger partial charge in [0.15, 0.2) is 0 Å². The predicted octanol–water partition coefficient (Wildman–Crippen LogP) is 0.126. The Hall–Kier alpha value is -1.98. The molecule has 0 saturated carbocycles. The smallest absolute Gasteiger partial charge is 0.253 e. The molecule has 19 heavy (non-hydrogen) atoms. The van der Waals surface area contributed by atoms with Gasteiger partial charge in [0.25, 0.3) is 5.91 Å². The zero-order valence-electron chi connectivity index (χ0n) is 11.3. The van der Waals surface area contributed by atoms with E-state index >= 15 is 0 Å². The lowest BCUT2D eigenvalue weighted by molar-refractivity contribution is -0.145. The maximum atomic E-state index is 12.2. The van der Waals surface area contributed by atoms with Gasteiger partial charge in [-0.05, 0) is 33.3 Å². The molecule has 0 radical (unpaired) electrons. The number of ketones is 1. The van der Waals surface area contributed by atoms with Crippen LogP contribution in [-0.2, 0) is 19.2 Å². The molecule has 1 rings (SSSR count). The number of amides is 3. The summed E-state index contributed by atoms with van der Waals surface area (Å²) in [7, 11) is 0. The van der Waals surface area contributed by atoms with Crippen molar-refractivity contribution in [1.29, 1.82) is 0 Å². The Morgan fingerprint density at radius 1 is 1.47 bits per heavy atom. The van der Waals surface area contributed by atoms with Gasteiger partial charge >= 0.3 is 0 Å². The maximum absolute atomic E-state index is 12.2. The number of allylic oxidation sites excluding steroid dienone is 1. The largest absolute Gasteiger partial charge is 0.331 e. The van der Waals surface area contributed by atoms with Crippen molar-refractivity contribution in [3.8, 4) is 0 Å². The minimum atomic E-state index is -0.810. The van der Waals surface area contributed by atoms with E-state index in [1.54, 1.807) is 13.8 Å². The number of carbonyl (C=O) groups is 4. The summed E-state index contributed by atoms with van der Waals surface area (Å²) in [5.41, 5.74) is 0. The summed E-state index contributed by atoms with van der Waals surface area (Å²) in [4.78, 5) is 48.3. The summed E-state index contributed by atoms with van der Waals surface area (Å²) in [5, 5.41) is 0. The lowest BCUT2D eigenvalue weighted by Gasteiger charge is -2.21. The first-order valence-corrected chi connectivity index (χ1v) is 6.12. The molecule has 2 atom stereocenters. The monoisotopic (exact) mass is 266 g/mol. The third-order valence-corrected chi connectivity index (χ3v) is 3.07. The Balaban J connectivity index is 2.90. The van der Waals surface area contributed by atoms with Gasteiger partial charge in [-0.2, -0.15) is 0 Å². The number of imide groups is 1. The van der Waals surface area contributed by atoms with Crippen LogP contribution in [0.25, 0.3) is 0 Å². The third-order valence-electron chi connectivity index (χ3n) is 3.07. The van der Waals surface area contributed by atoms with Crippen molar-refractivity contribution < 1.29 is 19.2 Å². The number of nitrogens with zero attached hydrogens (tertiary/aromatic N) is 2. The van der Waals surface area contributed by atoms with Crippen LogP contribution in [0.15, 0.2) is 12.2 Å². The molecule has 0 bridgehead atoms. The van der Waals surface area contributed by atoms with Crippen LogP contribution < -0.4 is 0 Å². The molecule has 1 fully saturated rings. The Labute approximate surface area is 112 Å². The van der Waals surface area contributed by atoms with Gasteiger partial charge in [0.05, 0.1) is 6.54 Å². The average molecular weight is 266 g/mol. The number of likely N-dealkylation sites (tertiary alicyclic amines) is 1. The first-order valence-electron chi connectivity index (χ1n) is 6.12. The van der Waals surface area contributed by atoms with Gasteiger partial charge in [-0.25, -0.2) is 0 Å². The Kier molecular flexibility index (Phi) is 4.97. The highest BCUT2D eigenvalue weighted by Crippen LogP contribution is 2.22. The van der Waals surface area contributed by atoms with E-state index in [4.69, 9.17) is 0 Å². The van der Waals surface area contributed by atoms with Crippen molar-refractivity contribution in [3.63, 3.8) is 0 Å². The molecular weight excluding hydrogens is 248 g/mol. The van der Waals surface area contributed by atoms with Crippen LogP contribution >= 0.6 is 0 Å². The van der Waals surface area contributed by atoms with Crippen LogP contribution in [0.4, 0.5) is 0 Å². The molecule has 6 nitrogen and oxygen atoms in total. The summed E-state index contributed by atoms with van der Waals surface area (Å²) >= 11 is 0. The second-order valence-corrected chi connectivity index (χ2v) is 4.62. The second-order valence-electron chi connectivity index (χ2n) is 4.62. The number of carbonyl (C=O) groups excluding carboxylic acids is 4. The Morgan fingerprint density at radius 2 is 2.11 bits per heavy atom. The van der Waals surface area contributed by atoms with Crippen LogP contribution in [0, 0.1) is 0 Å². The van der Waals surface area contributed by atoms with Crippen LogP contribution in [0.5, 0.6) is 0 Å². The van der Waals surface area contributed by atoms with Crippen molar-refractivity contribution in [1.82, 2.24) is 9.80 Å². The van der Waals surface area contributed by atoms with Crippen molar-refractivity contribution in [2.75, 3.05) is 6.54 Å². The minimum Gasteiger partial charge on any atom is -0.331 e. The molecule has 1 aliphatic rings. The fourth-order valence-electron chi connectivity index (χ4n) is 2.17. The lowest BCUT2D eigenvalue weighted by Crippen LogP contribution is -2.45. The fraction of sp³-hybridized carbons (Fsp3) is 0.538. The summed E-state index contributed by atoms with van der Waals surface area (Å²) in [6.45, 7) is 4.86. The molecule has 0 aromatic carbocycles. The molecule has 1 saturated heterocycles. The molecule has 104 valence electrons. The highest BCUT2D eigenvalue weighted by molar-refractivity contribution is 6.00. The molecule has 1 aliphatic heterocycles. The van der Waals surface area contributed by atoms with E-state index < -0.39 is 11.9 Å². The lowest BCUT2D eigenvalue weighted by atomic mass is 10.1. The summed E-state index contributed by atoms with van der Waals surface area (Å²) in [5.74, 6) is -1.00. The number of Topliss-reactive ketones (excluding diaryl/α,β-unsaturated/α-hetero) is 1. The first kappa shape index (κ1) is 15.1. The maximum Gasteiger partial charge on any atom is 0.253 e. The molecule has 0 spiro atoms. The van der Waals surface area contributed by atoms with E-state index in [0.29, 0.717) is 12.8 Å². The zero-order valence-corrected chi connectivity index (χ0v) is 11.3. The normalized spacial score (nSPS) is 22.9. The SMILES string of the molecule is C/C=C\C(=O)N(C=O)C1CC(C)N(CC(C)=O)C1=O. The summed E-state index contributed by atoms with van der Waals surface area (Å²) in [6.07, 6.45) is 3.47. The highest BCUT2D eigenvalue weighted by Gasteiger charge is 2.42. The van der Waals surface area contributed by atoms with E-state index in [1.807, 2.05) is 0 Å². The molecule has 0 aliphatic carbocycles. The van der Waals surface area contributed by atoms with Gasteiger partial charge in [0, 0.05) is 6.04 Å². The number of hydrogen-bond acceptors (Lipinski definition) is 4. The van der Waals surface area contributed by atoms with Gasteiger partial charge in [0.2, 0.25) is 12.3 Å². The fourth-order valence-corrected chi connectivity index (χ4v) is 2.17. The van der Waals surface area contributed by atoms with E-state index in [1.165, 1.54) is 24.0 Å². The van der Waals surface area contributed by atoms with Crippen molar-refractivity contribution in [2.24, 2.45) is 0 Å². The quantitative estimate of drug-likeness (QED) is 0.523. The van der Waals surface area contributed by atoms with E-state index in [-0.39, 0.29) is 24.3 Å². The van der Waals surface area contributed by atoms with Gasteiger partial charge in [-0.15, -0.1) is 0 Å². The van der Waals surface area contributed by atoms with Crippen LogP contribution in [0.3, 0.4) is 0 Å². The van der Waals surface area contributed by atoms with E-state index in [9.17, 15) is 19.2 Å². The molecular formula is C13H18N2O4. The molecule has 0 aromatic heterocycles. The number of hydrogen-bond donors (Lipinski definition) is 0. The van der Waals surface area contributed by atoms with Gasteiger partial charge in [-0.1, -0.05) is 6.08 Å². The summed E-state index contributed by atoms with van der Waals surface area (Å²) in [6, 6.07) is -0.974.